The van der Waals surface area contributed by atoms with Crippen molar-refractivity contribution in [3.63, 3.8) is 0 Å². The van der Waals surface area contributed by atoms with E-state index in [1.54, 1.807) is 0 Å². The molecule has 11 heteroatoms. The summed E-state index contributed by atoms with van der Waals surface area (Å²) in [5.41, 5.74) is 21.7. The molecule has 0 fully saturated rings. The van der Waals surface area contributed by atoms with Gasteiger partial charge in [-0.15, -0.1) is 0 Å². The Morgan fingerprint density at radius 1 is 0.778 bits per heavy atom. The fourth-order valence-corrected chi connectivity index (χ4v) is 2.18. The molecule has 0 spiro atoms. The highest BCUT2D eigenvalue weighted by atomic mass is 16.5. The second kappa shape index (κ2) is 19.2. The van der Waals surface area contributed by atoms with E-state index in [2.05, 4.69) is 20.1 Å². The molecule has 0 aromatic rings. The Morgan fingerprint density at radius 3 is 1.63 bits per heavy atom. The van der Waals surface area contributed by atoms with Crippen molar-refractivity contribution in [1.82, 2.24) is 0 Å². The molecule has 0 saturated carbocycles. The predicted molar refractivity (Wildman–Crippen MR) is 102 cm³/mol. The van der Waals surface area contributed by atoms with Gasteiger partial charge in [-0.25, -0.2) is 0 Å². The van der Waals surface area contributed by atoms with E-state index in [9.17, 15) is 0 Å². The third-order valence-corrected chi connectivity index (χ3v) is 3.55. The summed E-state index contributed by atoms with van der Waals surface area (Å²) in [5, 5.41) is 6.98. The van der Waals surface area contributed by atoms with E-state index in [4.69, 9.17) is 35.7 Å². The number of azide groups is 2. The van der Waals surface area contributed by atoms with Crippen LogP contribution in [0, 0.1) is 5.41 Å². The van der Waals surface area contributed by atoms with Crippen molar-refractivity contribution in [3.05, 3.63) is 20.9 Å². The predicted octanol–water partition coefficient (Wildman–Crippen LogP) is 2.81. The van der Waals surface area contributed by atoms with Crippen molar-refractivity contribution in [1.29, 1.82) is 0 Å². The van der Waals surface area contributed by atoms with Gasteiger partial charge in [-0.2, -0.15) is 0 Å². The second-order valence-electron chi connectivity index (χ2n) is 6.05. The number of ether oxygens (including phenoxy) is 4. The first-order valence-electron chi connectivity index (χ1n) is 9.27. The van der Waals surface area contributed by atoms with Crippen LogP contribution >= 0.6 is 0 Å². The van der Waals surface area contributed by atoms with E-state index in [1.807, 2.05) is 6.92 Å². The van der Waals surface area contributed by atoms with E-state index < -0.39 is 5.41 Å². The van der Waals surface area contributed by atoms with Gasteiger partial charge in [-0.05, 0) is 43.8 Å². The molecule has 27 heavy (non-hydrogen) atoms. The summed E-state index contributed by atoms with van der Waals surface area (Å²) in [4.78, 5) is 5.44. The van der Waals surface area contributed by atoms with Crippen molar-refractivity contribution in [3.8, 4) is 0 Å². The molecule has 0 bridgehead atoms. The molecule has 0 aliphatic heterocycles. The Bertz CT molecular complexity index is 412. The summed E-state index contributed by atoms with van der Waals surface area (Å²) in [7, 11) is 0. The van der Waals surface area contributed by atoms with Gasteiger partial charge in [0.25, 0.3) is 0 Å². The number of hydrogen-bond acceptors (Lipinski definition) is 7. The van der Waals surface area contributed by atoms with E-state index in [0.717, 1.165) is 6.42 Å². The Labute approximate surface area is 160 Å². The maximum atomic E-state index is 8.30. The highest BCUT2D eigenvalue weighted by Crippen LogP contribution is 2.21. The van der Waals surface area contributed by atoms with Crippen LogP contribution in [0.2, 0.25) is 0 Å². The molecule has 0 aliphatic rings. The van der Waals surface area contributed by atoms with Gasteiger partial charge >= 0.3 is 0 Å². The largest absolute Gasteiger partial charge is 0.381 e. The summed E-state index contributed by atoms with van der Waals surface area (Å²) in [5.74, 6) is 0. The zero-order chi connectivity index (χ0) is 20.1. The van der Waals surface area contributed by atoms with Crippen molar-refractivity contribution in [2.75, 3.05) is 72.5 Å². The van der Waals surface area contributed by atoms with Gasteiger partial charge in [-0.1, -0.05) is 10.2 Å². The van der Waals surface area contributed by atoms with Crippen LogP contribution in [-0.4, -0.2) is 72.5 Å². The van der Waals surface area contributed by atoms with Gasteiger partial charge < -0.3 is 24.7 Å². The van der Waals surface area contributed by atoms with Gasteiger partial charge in [0.15, 0.2) is 0 Å². The Hall–Kier alpha value is -1.58. The van der Waals surface area contributed by atoms with Gasteiger partial charge in [-0.3, -0.25) is 0 Å². The van der Waals surface area contributed by atoms with Crippen LogP contribution < -0.4 is 5.73 Å². The first kappa shape index (κ1) is 25.4. The zero-order valence-corrected chi connectivity index (χ0v) is 16.3. The van der Waals surface area contributed by atoms with Crippen LogP contribution in [0.5, 0.6) is 0 Å². The summed E-state index contributed by atoms with van der Waals surface area (Å²) in [6.07, 6.45) is 2.08. The number of rotatable bonds is 20. The quantitative estimate of drug-likeness (QED) is 0.147. The first-order chi connectivity index (χ1) is 13.2. The fraction of sp³-hybridized carbons (Fsp3) is 1.00. The lowest BCUT2D eigenvalue weighted by Crippen LogP contribution is -2.42. The Morgan fingerprint density at radius 2 is 1.22 bits per heavy atom. The highest BCUT2D eigenvalue weighted by Gasteiger charge is 2.32. The lowest BCUT2D eigenvalue weighted by atomic mass is 9.92. The van der Waals surface area contributed by atoms with Crippen LogP contribution in [0.1, 0.15) is 26.2 Å². The van der Waals surface area contributed by atoms with Crippen LogP contribution in [0.4, 0.5) is 0 Å². The van der Waals surface area contributed by atoms with Gasteiger partial charge in [0.05, 0.1) is 31.8 Å². The fourth-order valence-electron chi connectivity index (χ4n) is 2.18. The molecule has 0 saturated heterocycles. The molecule has 11 nitrogen and oxygen atoms in total. The second-order valence-corrected chi connectivity index (χ2v) is 6.05. The van der Waals surface area contributed by atoms with Crippen molar-refractivity contribution in [2.45, 2.75) is 26.2 Å². The molecule has 0 atom stereocenters. The maximum Gasteiger partial charge on any atom is 0.0637 e. The lowest BCUT2D eigenvalue weighted by Gasteiger charge is -2.33. The number of nitrogens with zero attached hydrogens (tertiary/aromatic N) is 6. The average molecular weight is 387 g/mol. The minimum absolute atomic E-state index is 0.401. The summed E-state index contributed by atoms with van der Waals surface area (Å²) in [6.45, 7) is 7.10. The van der Waals surface area contributed by atoms with Gasteiger partial charge in [0.2, 0.25) is 0 Å². The van der Waals surface area contributed by atoms with Crippen LogP contribution in [0.15, 0.2) is 10.2 Å². The van der Waals surface area contributed by atoms with Crippen molar-refractivity contribution < 1.29 is 18.9 Å². The van der Waals surface area contributed by atoms with E-state index in [1.165, 1.54) is 0 Å². The summed E-state index contributed by atoms with van der Waals surface area (Å²) in [6, 6.07) is 0. The van der Waals surface area contributed by atoms with Gasteiger partial charge in [0, 0.05) is 49.3 Å². The standard InChI is InChI=1S/C16H33N7O4/c1-2-24-12-16(13-25-9-3-6-17,14-26-10-4-7-20-22-18)15-27-11-5-8-21-23-19/h2-15,17H2,1H3. The van der Waals surface area contributed by atoms with Crippen molar-refractivity contribution >= 4 is 0 Å². The van der Waals surface area contributed by atoms with Gasteiger partial charge in [0.1, 0.15) is 0 Å². The lowest BCUT2D eigenvalue weighted by molar-refractivity contribution is -0.105. The minimum Gasteiger partial charge on any atom is -0.381 e. The summed E-state index contributed by atoms with van der Waals surface area (Å²) < 4.78 is 23.0. The van der Waals surface area contributed by atoms with Crippen LogP contribution in [-0.2, 0) is 18.9 Å². The topological polar surface area (TPSA) is 160 Å². The number of hydrogen-bond donors (Lipinski definition) is 1. The molecule has 0 radical (unpaired) electrons. The SMILES string of the molecule is CCOCC(COCCCN)(COCCCN=[N+]=[N-])COCCCN=[N+]=[N-]. The molecular formula is C16H33N7O4. The zero-order valence-electron chi connectivity index (χ0n) is 16.3. The summed E-state index contributed by atoms with van der Waals surface area (Å²) >= 11 is 0. The monoisotopic (exact) mass is 387 g/mol. The molecule has 0 aromatic heterocycles. The third kappa shape index (κ3) is 15.2. The first-order valence-corrected chi connectivity index (χ1v) is 9.27. The maximum absolute atomic E-state index is 8.30. The Kier molecular flexibility index (Phi) is 18.1. The third-order valence-electron chi connectivity index (χ3n) is 3.55. The Balaban J connectivity index is 4.61. The highest BCUT2D eigenvalue weighted by molar-refractivity contribution is 4.79. The smallest absolute Gasteiger partial charge is 0.0637 e. The molecule has 0 rings (SSSR count). The molecule has 0 amide bonds. The molecule has 0 heterocycles. The molecule has 0 unspecified atom stereocenters. The average Bonchev–Trinajstić information content (AvgIpc) is 2.69. The molecule has 0 aliphatic carbocycles. The normalized spacial score (nSPS) is 12.8. The van der Waals surface area contributed by atoms with Crippen molar-refractivity contribution in [2.24, 2.45) is 21.4 Å². The minimum atomic E-state index is -0.443. The number of nitrogens with two attached hydrogens (primary N) is 1. The van der Waals surface area contributed by atoms with E-state index >= 15 is 0 Å². The molecule has 0 aromatic carbocycles. The van der Waals surface area contributed by atoms with Crippen LogP contribution in [0.3, 0.4) is 0 Å². The van der Waals surface area contributed by atoms with E-state index in [-0.39, 0.29) is 0 Å². The van der Waals surface area contributed by atoms with E-state index in [0.29, 0.717) is 85.3 Å². The van der Waals surface area contributed by atoms with Crippen LogP contribution in [0.25, 0.3) is 20.9 Å². The molecular weight excluding hydrogens is 354 g/mol. The molecule has 156 valence electrons. The molecule has 2 N–H and O–H groups in total.